The SMILES string of the molecule is O=C1c2ccc(C=CCNO)cc2CCN1CCCc1ccccc1. The molecule has 0 radical (unpaired) electrons. The van der Waals surface area contributed by atoms with Gasteiger partial charge in [0.05, 0.1) is 0 Å². The van der Waals surface area contributed by atoms with Crippen molar-refractivity contribution in [2.45, 2.75) is 19.3 Å². The summed E-state index contributed by atoms with van der Waals surface area (Å²) in [5.41, 5.74) is 6.41. The number of amides is 1. The topological polar surface area (TPSA) is 52.6 Å². The summed E-state index contributed by atoms with van der Waals surface area (Å²) in [6, 6.07) is 16.4. The van der Waals surface area contributed by atoms with Gasteiger partial charge in [-0.05, 0) is 42.0 Å². The fourth-order valence-corrected chi connectivity index (χ4v) is 3.24. The van der Waals surface area contributed by atoms with Crippen molar-refractivity contribution in [3.8, 4) is 0 Å². The molecule has 2 aromatic rings. The number of carbonyl (C=O) groups excluding carboxylic acids is 1. The molecular formula is C21H24N2O2. The smallest absolute Gasteiger partial charge is 0.254 e. The molecule has 0 aliphatic carbocycles. The Balaban J connectivity index is 1.59. The van der Waals surface area contributed by atoms with Crippen LogP contribution in [0, 0.1) is 0 Å². The number of aryl methyl sites for hydroxylation is 1. The van der Waals surface area contributed by atoms with Gasteiger partial charge < -0.3 is 10.1 Å². The summed E-state index contributed by atoms with van der Waals surface area (Å²) in [4.78, 5) is 14.7. The van der Waals surface area contributed by atoms with Gasteiger partial charge in [0.1, 0.15) is 0 Å². The Kier molecular flexibility index (Phi) is 5.99. The molecule has 1 aliphatic rings. The van der Waals surface area contributed by atoms with Crippen LogP contribution in [0.1, 0.15) is 33.5 Å². The van der Waals surface area contributed by atoms with E-state index in [1.165, 1.54) is 5.56 Å². The largest absolute Gasteiger partial charge is 0.338 e. The summed E-state index contributed by atoms with van der Waals surface area (Å²) in [5.74, 6) is 0.141. The van der Waals surface area contributed by atoms with E-state index in [0.29, 0.717) is 6.54 Å². The molecule has 1 heterocycles. The molecule has 0 bridgehead atoms. The van der Waals surface area contributed by atoms with E-state index in [4.69, 9.17) is 5.21 Å². The molecule has 0 aromatic heterocycles. The lowest BCUT2D eigenvalue weighted by Crippen LogP contribution is -2.38. The molecule has 1 amide bonds. The molecular weight excluding hydrogens is 312 g/mol. The zero-order valence-electron chi connectivity index (χ0n) is 14.3. The maximum Gasteiger partial charge on any atom is 0.254 e. The standard InChI is InChI=1S/C21H24N2O2/c24-21-20-11-10-18(8-4-13-22-25)16-19(20)12-15-23(21)14-5-9-17-6-2-1-3-7-17/h1-4,6-8,10-11,16,22,25H,5,9,12-15H2. The highest BCUT2D eigenvalue weighted by atomic mass is 16.5. The van der Waals surface area contributed by atoms with Gasteiger partial charge in [-0.3, -0.25) is 4.79 Å². The van der Waals surface area contributed by atoms with Gasteiger partial charge in [-0.25, -0.2) is 5.48 Å². The maximum absolute atomic E-state index is 12.7. The van der Waals surface area contributed by atoms with Crippen LogP contribution in [-0.4, -0.2) is 35.6 Å². The minimum absolute atomic E-state index is 0.141. The first-order valence-electron chi connectivity index (χ1n) is 8.77. The van der Waals surface area contributed by atoms with Gasteiger partial charge in [0.25, 0.3) is 5.91 Å². The Labute approximate surface area is 148 Å². The average Bonchev–Trinajstić information content (AvgIpc) is 2.65. The number of carbonyl (C=O) groups is 1. The second-order valence-electron chi connectivity index (χ2n) is 6.31. The third-order valence-electron chi connectivity index (χ3n) is 4.55. The molecule has 0 saturated heterocycles. The predicted molar refractivity (Wildman–Crippen MR) is 99.6 cm³/mol. The fourth-order valence-electron chi connectivity index (χ4n) is 3.24. The van der Waals surface area contributed by atoms with Gasteiger partial charge in [0, 0.05) is 25.2 Å². The summed E-state index contributed by atoms with van der Waals surface area (Å²) in [7, 11) is 0. The molecule has 1 aliphatic heterocycles. The Bertz CT molecular complexity index is 741. The lowest BCUT2D eigenvalue weighted by Gasteiger charge is -2.29. The zero-order chi connectivity index (χ0) is 17.5. The van der Waals surface area contributed by atoms with Crippen molar-refractivity contribution in [2.24, 2.45) is 0 Å². The van der Waals surface area contributed by atoms with E-state index in [9.17, 15) is 4.79 Å². The van der Waals surface area contributed by atoms with E-state index in [2.05, 4.69) is 35.8 Å². The number of hydrogen-bond acceptors (Lipinski definition) is 3. The monoisotopic (exact) mass is 336 g/mol. The Morgan fingerprint density at radius 1 is 1.16 bits per heavy atom. The number of hydrogen-bond donors (Lipinski definition) is 2. The molecule has 2 N–H and O–H groups in total. The molecule has 2 aromatic carbocycles. The third kappa shape index (κ3) is 4.56. The number of nitrogens with one attached hydrogen (secondary N) is 1. The van der Waals surface area contributed by atoms with Gasteiger partial charge >= 0.3 is 0 Å². The predicted octanol–water partition coefficient (Wildman–Crippen LogP) is 3.31. The molecule has 0 atom stereocenters. The first kappa shape index (κ1) is 17.4. The molecule has 130 valence electrons. The zero-order valence-corrected chi connectivity index (χ0v) is 14.3. The number of hydroxylamine groups is 1. The second-order valence-corrected chi connectivity index (χ2v) is 6.31. The van der Waals surface area contributed by atoms with Crippen LogP contribution in [0.5, 0.6) is 0 Å². The van der Waals surface area contributed by atoms with Crippen LogP contribution in [-0.2, 0) is 12.8 Å². The molecule has 3 rings (SSSR count). The van der Waals surface area contributed by atoms with Crippen molar-refractivity contribution in [1.82, 2.24) is 10.4 Å². The number of fused-ring (bicyclic) bond motifs is 1. The molecule has 0 saturated carbocycles. The van der Waals surface area contributed by atoms with Crippen molar-refractivity contribution in [3.63, 3.8) is 0 Å². The van der Waals surface area contributed by atoms with Gasteiger partial charge in [-0.2, -0.15) is 0 Å². The first-order valence-corrected chi connectivity index (χ1v) is 8.77. The first-order chi connectivity index (χ1) is 12.3. The number of nitrogens with zero attached hydrogens (tertiary/aromatic N) is 1. The molecule has 4 nitrogen and oxygen atoms in total. The van der Waals surface area contributed by atoms with Gasteiger partial charge in [0.2, 0.25) is 0 Å². The van der Waals surface area contributed by atoms with E-state index >= 15 is 0 Å². The van der Waals surface area contributed by atoms with Crippen molar-refractivity contribution < 1.29 is 10.0 Å². The summed E-state index contributed by atoms with van der Waals surface area (Å²) in [6.07, 6.45) is 6.68. The van der Waals surface area contributed by atoms with Crippen LogP contribution in [0.15, 0.2) is 54.6 Å². The summed E-state index contributed by atoms with van der Waals surface area (Å²) < 4.78 is 0. The van der Waals surface area contributed by atoms with E-state index in [0.717, 1.165) is 49.0 Å². The maximum atomic E-state index is 12.7. The van der Waals surface area contributed by atoms with Crippen LogP contribution in [0.25, 0.3) is 6.08 Å². The third-order valence-corrected chi connectivity index (χ3v) is 4.55. The highest BCUT2D eigenvalue weighted by Crippen LogP contribution is 2.21. The molecule has 0 unspecified atom stereocenters. The molecule has 25 heavy (non-hydrogen) atoms. The van der Waals surface area contributed by atoms with Crippen LogP contribution in [0.4, 0.5) is 0 Å². The number of benzene rings is 2. The molecule has 0 spiro atoms. The quantitative estimate of drug-likeness (QED) is 0.763. The van der Waals surface area contributed by atoms with Gasteiger partial charge in [-0.1, -0.05) is 54.6 Å². The molecule has 0 fully saturated rings. The lowest BCUT2D eigenvalue weighted by molar-refractivity contribution is 0.0738. The second kappa shape index (κ2) is 8.60. The fraction of sp³-hybridized carbons (Fsp3) is 0.286. The average molecular weight is 336 g/mol. The van der Waals surface area contributed by atoms with E-state index in [-0.39, 0.29) is 5.91 Å². The highest BCUT2D eigenvalue weighted by Gasteiger charge is 2.23. The Morgan fingerprint density at radius 2 is 2.00 bits per heavy atom. The minimum Gasteiger partial charge on any atom is -0.338 e. The van der Waals surface area contributed by atoms with E-state index < -0.39 is 0 Å². The van der Waals surface area contributed by atoms with Gasteiger partial charge in [0.15, 0.2) is 0 Å². The molecule has 4 heteroatoms. The summed E-state index contributed by atoms with van der Waals surface area (Å²) in [6.45, 7) is 1.99. The normalized spacial score (nSPS) is 14.1. The van der Waals surface area contributed by atoms with E-state index in [1.54, 1.807) is 0 Å². The summed E-state index contributed by atoms with van der Waals surface area (Å²) >= 11 is 0. The van der Waals surface area contributed by atoms with Gasteiger partial charge in [-0.15, -0.1) is 0 Å². The van der Waals surface area contributed by atoms with Crippen LogP contribution in [0.2, 0.25) is 0 Å². The Morgan fingerprint density at radius 3 is 2.80 bits per heavy atom. The lowest BCUT2D eigenvalue weighted by atomic mass is 9.96. The van der Waals surface area contributed by atoms with Crippen molar-refractivity contribution >= 4 is 12.0 Å². The Hall–Kier alpha value is -2.43. The minimum atomic E-state index is 0.141. The van der Waals surface area contributed by atoms with E-state index in [1.807, 2.05) is 35.3 Å². The van der Waals surface area contributed by atoms with Crippen LogP contribution >= 0.6 is 0 Å². The van der Waals surface area contributed by atoms with Crippen LogP contribution < -0.4 is 5.48 Å². The highest BCUT2D eigenvalue weighted by molar-refractivity contribution is 5.97. The van der Waals surface area contributed by atoms with Crippen LogP contribution in [0.3, 0.4) is 0 Å². The summed E-state index contributed by atoms with van der Waals surface area (Å²) in [5, 5.41) is 8.59. The van der Waals surface area contributed by atoms with Crippen molar-refractivity contribution in [3.05, 3.63) is 76.9 Å². The number of rotatable bonds is 7. The van der Waals surface area contributed by atoms with Crippen molar-refractivity contribution in [1.29, 1.82) is 0 Å². The van der Waals surface area contributed by atoms with Crippen molar-refractivity contribution in [2.75, 3.05) is 19.6 Å².